The number of aliphatic hydroxyl groups excluding tert-OH is 1. The molecule has 0 bridgehead atoms. The lowest BCUT2D eigenvalue weighted by Gasteiger charge is -2.15. The highest BCUT2D eigenvalue weighted by Crippen LogP contribution is 2.21. The van der Waals surface area contributed by atoms with Crippen molar-refractivity contribution in [2.75, 3.05) is 11.4 Å². The molecule has 1 aromatic rings. The van der Waals surface area contributed by atoms with E-state index in [4.69, 9.17) is 6.42 Å². The highest BCUT2D eigenvalue weighted by Gasteiger charge is 2.28. The van der Waals surface area contributed by atoms with Crippen LogP contribution in [0.5, 0.6) is 0 Å². The molecule has 3 heteroatoms. The minimum Gasteiger partial charge on any atom is -0.391 e. The van der Waals surface area contributed by atoms with Crippen LogP contribution in [0.3, 0.4) is 0 Å². The molecule has 1 aromatic carbocycles. The summed E-state index contributed by atoms with van der Waals surface area (Å²) in [5, 5.41) is 9.34. The maximum absolute atomic E-state index is 11.5. The number of β-amino-alcohol motifs (C(OH)–C–C–N with tert-alkyl or cyclic N) is 1. The smallest absolute Gasteiger partial charge is 0.229 e. The van der Waals surface area contributed by atoms with E-state index < -0.39 is 6.10 Å². The predicted octanol–water partition coefficient (Wildman–Crippen LogP) is 0.766. The molecule has 0 aromatic heterocycles. The van der Waals surface area contributed by atoms with Crippen LogP contribution in [0.2, 0.25) is 0 Å². The largest absolute Gasteiger partial charge is 0.391 e. The summed E-state index contributed by atoms with van der Waals surface area (Å²) in [6.07, 6.45) is 4.89. The Morgan fingerprint density at radius 2 is 2.07 bits per heavy atom. The van der Waals surface area contributed by atoms with E-state index in [2.05, 4.69) is 5.92 Å². The molecular weight excluding hydrogens is 190 g/mol. The van der Waals surface area contributed by atoms with Gasteiger partial charge in [-0.1, -0.05) is 5.92 Å². The van der Waals surface area contributed by atoms with Crippen molar-refractivity contribution in [3.63, 3.8) is 0 Å². The summed E-state index contributed by atoms with van der Waals surface area (Å²) in [5.74, 6) is 2.47. The average Bonchev–Trinajstić information content (AvgIpc) is 2.58. The number of aliphatic hydroxyl groups is 1. The van der Waals surface area contributed by atoms with Crippen LogP contribution in [0.25, 0.3) is 0 Å². The molecule has 0 aliphatic carbocycles. The molecule has 76 valence electrons. The number of carbonyl (C=O) groups is 1. The van der Waals surface area contributed by atoms with Gasteiger partial charge in [0, 0.05) is 11.3 Å². The highest BCUT2D eigenvalue weighted by atomic mass is 16.3. The van der Waals surface area contributed by atoms with E-state index in [0.29, 0.717) is 6.54 Å². The fourth-order valence-corrected chi connectivity index (χ4v) is 1.68. The molecule has 1 aliphatic heterocycles. The molecule has 1 unspecified atom stereocenters. The van der Waals surface area contributed by atoms with Crippen molar-refractivity contribution in [1.29, 1.82) is 0 Å². The molecule has 2 rings (SSSR count). The highest BCUT2D eigenvalue weighted by molar-refractivity contribution is 5.96. The van der Waals surface area contributed by atoms with Crippen LogP contribution in [0.4, 0.5) is 5.69 Å². The van der Waals surface area contributed by atoms with Gasteiger partial charge in [0.05, 0.1) is 19.1 Å². The summed E-state index contributed by atoms with van der Waals surface area (Å²) in [6.45, 7) is 0.369. The summed E-state index contributed by atoms with van der Waals surface area (Å²) in [5.41, 5.74) is 1.57. The third-order valence-corrected chi connectivity index (χ3v) is 2.45. The lowest BCUT2D eigenvalue weighted by atomic mass is 10.2. The number of hydrogen-bond donors (Lipinski definition) is 1. The number of nitrogens with zero attached hydrogens (tertiary/aromatic N) is 1. The molecule has 0 radical (unpaired) electrons. The first kappa shape index (κ1) is 9.75. The van der Waals surface area contributed by atoms with Gasteiger partial charge in [-0.15, -0.1) is 6.42 Å². The molecule has 0 spiro atoms. The topological polar surface area (TPSA) is 40.5 Å². The molecule has 15 heavy (non-hydrogen) atoms. The normalized spacial score (nSPS) is 20.4. The summed E-state index contributed by atoms with van der Waals surface area (Å²) in [4.78, 5) is 13.0. The molecule has 1 heterocycles. The molecule has 1 atom stereocenters. The van der Waals surface area contributed by atoms with E-state index in [-0.39, 0.29) is 12.3 Å². The van der Waals surface area contributed by atoms with Crippen LogP contribution in [-0.4, -0.2) is 23.7 Å². The van der Waals surface area contributed by atoms with E-state index in [1.54, 1.807) is 29.2 Å². The number of rotatable bonds is 1. The number of anilines is 1. The average molecular weight is 201 g/mol. The van der Waals surface area contributed by atoms with E-state index in [1.807, 2.05) is 0 Å². The first-order valence-corrected chi connectivity index (χ1v) is 4.76. The van der Waals surface area contributed by atoms with Crippen molar-refractivity contribution in [2.45, 2.75) is 12.5 Å². The summed E-state index contributed by atoms with van der Waals surface area (Å²) < 4.78 is 0. The Morgan fingerprint density at radius 3 is 2.53 bits per heavy atom. The second kappa shape index (κ2) is 3.76. The summed E-state index contributed by atoms with van der Waals surface area (Å²) >= 11 is 0. The first-order valence-electron chi connectivity index (χ1n) is 4.76. The quantitative estimate of drug-likeness (QED) is 0.682. The zero-order valence-electron chi connectivity index (χ0n) is 8.18. The number of benzene rings is 1. The van der Waals surface area contributed by atoms with Crippen LogP contribution in [0.15, 0.2) is 24.3 Å². The van der Waals surface area contributed by atoms with Gasteiger partial charge in [-0.3, -0.25) is 4.79 Å². The lowest BCUT2D eigenvalue weighted by molar-refractivity contribution is -0.117. The molecular formula is C12H11NO2. The zero-order chi connectivity index (χ0) is 10.8. The fraction of sp³-hybridized carbons (Fsp3) is 0.250. The van der Waals surface area contributed by atoms with Crippen LogP contribution in [-0.2, 0) is 4.79 Å². The third-order valence-electron chi connectivity index (χ3n) is 2.45. The van der Waals surface area contributed by atoms with Crippen molar-refractivity contribution in [1.82, 2.24) is 0 Å². The SMILES string of the molecule is C#Cc1ccc(N2CC(O)CC2=O)cc1. The van der Waals surface area contributed by atoms with Gasteiger partial charge >= 0.3 is 0 Å². The second-order valence-electron chi connectivity index (χ2n) is 3.55. The van der Waals surface area contributed by atoms with Crippen molar-refractivity contribution < 1.29 is 9.90 Å². The molecule has 3 nitrogen and oxygen atoms in total. The lowest BCUT2D eigenvalue weighted by Crippen LogP contribution is -2.25. The van der Waals surface area contributed by atoms with Gasteiger partial charge in [0.15, 0.2) is 0 Å². The summed E-state index contributed by atoms with van der Waals surface area (Å²) in [7, 11) is 0. The van der Waals surface area contributed by atoms with Crippen molar-refractivity contribution in [2.24, 2.45) is 0 Å². The Morgan fingerprint density at radius 1 is 1.40 bits per heavy atom. The van der Waals surface area contributed by atoms with Crippen LogP contribution in [0, 0.1) is 12.3 Å². The van der Waals surface area contributed by atoms with Gasteiger partial charge < -0.3 is 10.0 Å². The number of hydrogen-bond acceptors (Lipinski definition) is 2. The number of amides is 1. The van der Waals surface area contributed by atoms with Gasteiger partial charge in [-0.2, -0.15) is 0 Å². The Bertz CT molecular complexity index is 416. The Hall–Kier alpha value is -1.79. The van der Waals surface area contributed by atoms with Crippen molar-refractivity contribution >= 4 is 11.6 Å². The van der Waals surface area contributed by atoms with E-state index in [0.717, 1.165) is 11.3 Å². The maximum Gasteiger partial charge on any atom is 0.229 e. The minimum absolute atomic E-state index is 0.0454. The zero-order valence-corrected chi connectivity index (χ0v) is 8.18. The van der Waals surface area contributed by atoms with Crippen molar-refractivity contribution in [3.8, 4) is 12.3 Å². The molecule has 1 aliphatic rings. The fourth-order valence-electron chi connectivity index (χ4n) is 1.68. The van der Waals surface area contributed by atoms with Gasteiger partial charge in [-0.25, -0.2) is 0 Å². The monoisotopic (exact) mass is 201 g/mol. The Kier molecular flexibility index (Phi) is 2.44. The maximum atomic E-state index is 11.5. The third kappa shape index (κ3) is 1.85. The molecule has 1 fully saturated rings. The van der Waals surface area contributed by atoms with Crippen LogP contribution in [0.1, 0.15) is 12.0 Å². The van der Waals surface area contributed by atoms with Crippen LogP contribution < -0.4 is 4.90 Å². The van der Waals surface area contributed by atoms with Crippen molar-refractivity contribution in [3.05, 3.63) is 29.8 Å². The van der Waals surface area contributed by atoms with Gasteiger partial charge in [-0.05, 0) is 24.3 Å². The predicted molar refractivity (Wildman–Crippen MR) is 57.4 cm³/mol. The molecule has 1 amide bonds. The van der Waals surface area contributed by atoms with Gasteiger partial charge in [0.2, 0.25) is 5.91 Å². The summed E-state index contributed by atoms with van der Waals surface area (Å²) in [6, 6.07) is 7.16. The van der Waals surface area contributed by atoms with E-state index in [9.17, 15) is 9.90 Å². The first-order chi connectivity index (χ1) is 7.20. The Balaban J connectivity index is 2.23. The van der Waals surface area contributed by atoms with E-state index >= 15 is 0 Å². The van der Waals surface area contributed by atoms with Crippen LogP contribution >= 0.6 is 0 Å². The standard InChI is InChI=1S/C12H11NO2/c1-2-9-3-5-10(6-4-9)13-8-11(14)7-12(13)15/h1,3-6,11,14H,7-8H2. The Labute approximate surface area is 88.3 Å². The molecule has 1 N–H and O–H groups in total. The van der Waals surface area contributed by atoms with E-state index in [1.165, 1.54) is 0 Å². The minimum atomic E-state index is -0.551. The second-order valence-corrected chi connectivity index (χ2v) is 3.55. The molecule has 1 saturated heterocycles. The van der Waals surface area contributed by atoms with Gasteiger partial charge in [0.25, 0.3) is 0 Å². The van der Waals surface area contributed by atoms with Gasteiger partial charge in [0.1, 0.15) is 0 Å². The number of carbonyl (C=O) groups excluding carboxylic acids is 1. The number of terminal acetylenes is 1. The molecule has 0 saturated carbocycles.